The standard InChI is InChI=1S/C22H26N6O3/c1-14-10-16(13-25-22(14)28-6-8-31-9-7-28)11-18-19(20(23)30)21(27-26-18)24-12-15-2-4-17(29)5-3-15/h2-5,10,13,29H,6-9,11-12H2,1H3,(H2,23,30)(H2,24,26,27). The summed E-state index contributed by atoms with van der Waals surface area (Å²) in [4.78, 5) is 19.0. The van der Waals surface area contributed by atoms with Gasteiger partial charge in [0.15, 0.2) is 5.82 Å². The van der Waals surface area contributed by atoms with E-state index in [4.69, 9.17) is 10.5 Å². The predicted molar refractivity (Wildman–Crippen MR) is 117 cm³/mol. The third-order valence-corrected chi connectivity index (χ3v) is 5.28. The van der Waals surface area contributed by atoms with Gasteiger partial charge in [-0.05, 0) is 35.7 Å². The van der Waals surface area contributed by atoms with Gasteiger partial charge >= 0.3 is 0 Å². The van der Waals surface area contributed by atoms with Gasteiger partial charge in [-0.15, -0.1) is 0 Å². The van der Waals surface area contributed by atoms with E-state index in [2.05, 4.69) is 31.5 Å². The second kappa shape index (κ2) is 9.05. The van der Waals surface area contributed by atoms with E-state index < -0.39 is 5.91 Å². The molecule has 31 heavy (non-hydrogen) atoms. The maximum atomic E-state index is 12.1. The molecule has 0 radical (unpaired) electrons. The van der Waals surface area contributed by atoms with Crippen molar-refractivity contribution in [3.63, 3.8) is 0 Å². The number of carbonyl (C=O) groups excluding carboxylic acids is 1. The number of anilines is 2. The summed E-state index contributed by atoms with van der Waals surface area (Å²) in [6.07, 6.45) is 2.29. The van der Waals surface area contributed by atoms with Crippen LogP contribution in [0.25, 0.3) is 0 Å². The minimum atomic E-state index is -0.549. The first-order chi connectivity index (χ1) is 15.0. The number of hydrogen-bond acceptors (Lipinski definition) is 7. The van der Waals surface area contributed by atoms with Crippen molar-refractivity contribution in [1.82, 2.24) is 15.2 Å². The number of hydrogen-bond donors (Lipinski definition) is 4. The molecule has 1 fully saturated rings. The molecule has 1 aliphatic rings. The van der Waals surface area contributed by atoms with E-state index in [1.54, 1.807) is 24.3 Å². The summed E-state index contributed by atoms with van der Waals surface area (Å²) in [5, 5.41) is 19.7. The van der Waals surface area contributed by atoms with Crippen molar-refractivity contribution in [3.05, 3.63) is 64.5 Å². The number of phenolic OH excluding ortho intramolecular Hbond substituents is 1. The van der Waals surface area contributed by atoms with Crippen molar-refractivity contribution in [2.75, 3.05) is 36.5 Å². The number of benzene rings is 1. The number of aromatic hydroxyl groups is 1. The Balaban J connectivity index is 1.49. The molecule has 9 heteroatoms. The number of aryl methyl sites for hydroxylation is 1. The molecule has 4 rings (SSSR count). The first kappa shape index (κ1) is 20.7. The van der Waals surface area contributed by atoms with Crippen molar-refractivity contribution in [2.24, 2.45) is 5.73 Å². The maximum absolute atomic E-state index is 12.1. The number of nitrogens with two attached hydrogens (primary N) is 1. The summed E-state index contributed by atoms with van der Waals surface area (Å²) in [7, 11) is 0. The zero-order chi connectivity index (χ0) is 21.8. The Morgan fingerprint density at radius 3 is 2.68 bits per heavy atom. The number of amides is 1. The van der Waals surface area contributed by atoms with Gasteiger partial charge < -0.3 is 25.8 Å². The first-order valence-electron chi connectivity index (χ1n) is 10.2. The van der Waals surface area contributed by atoms with Gasteiger partial charge in [0, 0.05) is 32.3 Å². The lowest BCUT2D eigenvalue weighted by Gasteiger charge is -2.29. The fourth-order valence-corrected chi connectivity index (χ4v) is 3.73. The summed E-state index contributed by atoms with van der Waals surface area (Å²) in [6.45, 7) is 5.55. The van der Waals surface area contributed by atoms with Gasteiger partial charge in [0.2, 0.25) is 0 Å². The quantitative estimate of drug-likeness (QED) is 0.458. The van der Waals surface area contributed by atoms with Crippen molar-refractivity contribution >= 4 is 17.5 Å². The predicted octanol–water partition coefficient (Wildman–Crippen LogP) is 1.96. The fourth-order valence-electron chi connectivity index (χ4n) is 3.73. The Morgan fingerprint density at radius 1 is 1.26 bits per heavy atom. The zero-order valence-corrected chi connectivity index (χ0v) is 17.4. The van der Waals surface area contributed by atoms with Gasteiger partial charge in [-0.1, -0.05) is 18.2 Å². The van der Waals surface area contributed by atoms with Crippen LogP contribution < -0.4 is 16.0 Å². The van der Waals surface area contributed by atoms with Crippen LogP contribution in [-0.4, -0.2) is 52.5 Å². The molecule has 3 aromatic rings. The molecule has 0 unspecified atom stereocenters. The highest BCUT2D eigenvalue weighted by molar-refractivity contribution is 5.98. The Bertz CT molecular complexity index is 1060. The maximum Gasteiger partial charge on any atom is 0.254 e. The summed E-state index contributed by atoms with van der Waals surface area (Å²) >= 11 is 0. The third kappa shape index (κ3) is 4.77. The van der Waals surface area contributed by atoms with E-state index >= 15 is 0 Å². The van der Waals surface area contributed by atoms with Crippen LogP contribution >= 0.6 is 0 Å². The summed E-state index contributed by atoms with van der Waals surface area (Å²) in [5.41, 5.74) is 9.61. The Hall–Kier alpha value is -3.59. The molecule has 1 aliphatic heterocycles. The number of nitrogens with zero attached hydrogens (tertiary/aromatic N) is 3. The molecule has 2 aromatic heterocycles. The summed E-state index contributed by atoms with van der Waals surface area (Å²) in [5.74, 6) is 1.02. The van der Waals surface area contributed by atoms with Gasteiger partial charge in [0.25, 0.3) is 5.91 Å². The van der Waals surface area contributed by atoms with Crippen LogP contribution in [-0.2, 0) is 17.7 Å². The number of rotatable bonds is 7. The molecule has 0 bridgehead atoms. The summed E-state index contributed by atoms with van der Waals surface area (Å²) in [6, 6.07) is 8.89. The van der Waals surface area contributed by atoms with E-state index in [1.165, 1.54) is 0 Å². The van der Waals surface area contributed by atoms with Crippen LogP contribution in [0.15, 0.2) is 36.5 Å². The SMILES string of the molecule is Cc1cc(Cc2[nH]nc(NCc3ccc(O)cc3)c2C(N)=O)cnc1N1CCOCC1. The van der Waals surface area contributed by atoms with Crippen molar-refractivity contribution in [3.8, 4) is 5.75 Å². The molecule has 0 spiro atoms. The number of H-pyrrole nitrogens is 1. The monoisotopic (exact) mass is 422 g/mol. The molecular weight excluding hydrogens is 396 g/mol. The van der Waals surface area contributed by atoms with Crippen LogP contribution in [0.2, 0.25) is 0 Å². The first-order valence-corrected chi connectivity index (χ1v) is 10.2. The minimum absolute atomic E-state index is 0.201. The lowest BCUT2D eigenvalue weighted by Crippen LogP contribution is -2.37. The zero-order valence-electron chi connectivity index (χ0n) is 17.4. The van der Waals surface area contributed by atoms with Crippen LogP contribution in [0.1, 0.15) is 32.7 Å². The third-order valence-electron chi connectivity index (χ3n) is 5.28. The van der Waals surface area contributed by atoms with Crippen LogP contribution in [0.4, 0.5) is 11.6 Å². The smallest absolute Gasteiger partial charge is 0.254 e. The molecular formula is C22H26N6O3. The second-order valence-electron chi connectivity index (χ2n) is 7.57. The molecule has 3 heterocycles. The number of primary amides is 1. The van der Waals surface area contributed by atoms with Gasteiger partial charge in [-0.25, -0.2) is 4.98 Å². The number of aromatic nitrogens is 3. The molecule has 9 nitrogen and oxygen atoms in total. The molecule has 162 valence electrons. The molecule has 0 aliphatic carbocycles. The highest BCUT2D eigenvalue weighted by Crippen LogP contribution is 2.23. The van der Waals surface area contributed by atoms with Gasteiger partial charge in [0.05, 0.1) is 18.9 Å². The number of ether oxygens (including phenoxy) is 1. The van der Waals surface area contributed by atoms with Crippen LogP contribution in [0, 0.1) is 6.92 Å². The Kier molecular flexibility index (Phi) is 6.03. The van der Waals surface area contributed by atoms with E-state index in [0.717, 1.165) is 35.6 Å². The van der Waals surface area contributed by atoms with E-state index in [1.807, 2.05) is 13.1 Å². The lowest BCUT2D eigenvalue weighted by atomic mass is 10.1. The minimum Gasteiger partial charge on any atom is -0.508 e. The van der Waals surface area contributed by atoms with Gasteiger partial charge in [-0.2, -0.15) is 5.10 Å². The van der Waals surface area contributed by atoms with Gasteiger partial charge in [-0.3, -0.25) is 9.89 Å². The molecule has 1 amide bonds. The van der Waals surface area contributed by atoms with E-state index in [0.29, 0.717) is 43.3 Å². The average molecular weight is 422 g/mol. The largest absolute Gasteiger partial charge is 0.508 e. The summed E-state index contributed by atoms with van der Waals surface area (Å²) < 4.78 is 5.41. The number of aromatic amines is 1. The Labute approximate surface area is 180 Å². The highest BCUT2D eigenvalue weighted by atomic mass is 16.5. The van der Waals surface area contributed by atoms with Crippen molar-refractivity contribution in [2.45, 2.75) is 19.9 Å². The molecule has 5 N–H and O–H groups in total. The molecule has 1 saturated heterocycles. The lowest BCUT2D eigenvalue weighted by molar-refractivity contribution is 0.100. The van der Waals surface area contributed by atoms with Crippen LogP contribution in [0.3, 0.4) is 0 Å². The average Bonchev–Trinajstić information content (AvgIpc) is 3.17. The van der Waals surface area contributed by atoms with E-state index in [-0.39, 0.29) is 5.75 Å². The number of carbonyl (C=O) groups is 1. The van der Waals surface area contributed by atoms with Crippen LogP contribution in [0.5, 0.6) is 5.75 Å². The van der Waals surface area contributed by atoms with Crippen molar-refractivity contribution in [1.29, 1.82) is 0 Å². The number of morpholine rings is 1. The molecule has 0 saturated carbocycles. The molecule has 1 aromatic carbocycles. The van der Waals surface area contributed by atoms with Crippen molar-refractivity contribution < 1.29 is 14.6 Å². The number of nitrogens with one attached hydrogen (secondary N) is 2. The molecule has 0 atom stereocenters. The topological polar surface area (TPSA) is 129 Å². The van der Waals surface area contributed by atoms with E-state index in [9.17, 15) is 9.90 Å². The second-order valence-corrected chi connectivity index (χ2v) is 7.57. The Morgan fingerprint density at radius 2 is 2.00 bits per heavy atom. The highest BCUT2D eigenvalue weighted by Gasteiger charge is 2.20. The normalized spacial score (nSPS) is 13.9. The number of phenols is 1. The fraction of sp³-hybridized carbons (Fsp3) is 0.318. The number of pyridine rings is 1. The van der Waals surface area contributed by atoms with Gasteiger partial charge in [0.1, 0.15) is 17.1 Å².